The molecule has 142 valence electrons. The van der Waals surface area contributed by atoms with E-state index in [1.165, 1.54) is 0 Å². The van der Waals surface area contributed by atoms with Gasteiger partial charge in [-0.25, -0.2) is 12.4 Å². The van der Waals surface area contributed by atoms with Gasteiger partial charge >= 0.3 is 0 Å². The molecule has 4 fully saturated rings. The van der Waals surface area contributed by atoms with Gasteiger partial charge in [-0.15, -0.1) is 0 Å². The van der Waals surface area contributed by atoms with Crippen LogP contribution in [0.2, 0.25) is 0 Å². The second kappa shape index (κ2) is 39.1. The van der Waals surface area contributed by atoms with Crippen LogP contribution in [0.1, 0.15) is 13.8 Å². The zero-order valence-corrected chi connectivity index (χ0v) is 22.4. The second-order valence-corrected chi connectivity index (χ2v) is 4.37. The maximum Gasteiger partial charge on any atom is 0 e. The van der Waals surface area contributed by atoms with Gasteiger partial charge in [0, 0.05) is 65.4 Å². The zero-order valence-electron chi connectivity index (χ0n) is 16.8. The first-order valence-electron chi connectivity index (χ1n) is 8.34. The van der Waals surface area contributed by atoms with Crippen LogP contribution in [0.15, 0.2) is 0 Å². The van der Waals surface area contributed by atoms with E-state index in [4.69, 9.17) is 10.8 Å². The minimum atomic E-state index is 0. The van der Waals surface area contributed by atoms with Crippen LogP contribution in [0.4, 0.5) is 0 Å². The van der Waals surface area contributed by atoms with E-state index in [0.29, 0.717) is 0 Å². The van der Waals surface area contributed by atoms with Crippen molar-refractivity contribution in [3.05, 3.63) is 139 Å². The van der Waals surface area contributed by atoms with Gasteiger partial charge in [0.2, 0.25) is 0 Å². The third-order valence-electron chi connectivity index (χ3n) is 2.22. The van der Waals surface area contributed by atoms with Crippen LogP contribution in [0, 0.1) is 128 Å². The molecule has 0 unspecified atom stereocenters. The molecular formula is C24H28N2Y2-2. The maximum absolute atomic E-state index is 7.44. The van der Waals surface area contributed by atoms with Crippen LogP contribution in [0.5, 0.6) is 0 Å². The fourth-order valence-electron chi connectivity index (χ4n) is 1.28. The first-order chi connectivity index (χ1) is 12.8. The van der Waals surface area contributed by atoms with Crippen molar-refractivity contribution in [1.82, 2.24) is 0 Å². The third-order valence-corrected chi connectivity index (χ3v) is 2.22. The van der Waals surface area contributed by atoms with Crippen LogP contribution in [-0.2, 0) is 65.4 Å². The van der Waals surface area contributed by atoms with Gasteiger partial charge in [0.05, 0.1) is 0 Å². The van der Waals surface area contributed by atoms with Gasteiger partial charge in [0.15, 0.2) is 0 Å². The molecule has 4 rings (SSSR count). The zero-order chi connectivity index (χ0) is 19.6. The van der Waals surface area contributed by atoms with Gasteiger partial charge in [-0.05, 0) is 128 Å². The van der Waals surface area contributed by atoms with Crippen molar-refractivity contribution in [1.29, 1.82) is 0 Å². The molecule has 0 heterocycles. The van der Waals surface area contributed by atoms with Crippen molar-refractivity contribution in [2.24, 2.45) is 0 Å². The van der Waals surface area contributed by atoms with E-state index >= 15 is 0 Å². The fraction of sp³-hybridized carbons (Fsp3) is 0.0833. The molecule has 0 amide bonds. The number of hydrogen-bond donors (Lipinski definition) is 0. The van der Waals surface area contributed by atoms with Crippen LogP contribution in [-0.4, -0.2) is 12.4 Å². The number of nitrogens with zero attached hydrogens (tertiary/aromatic N) is 2. The van der Waals surface area contributed by atoms with Crippen molar-refractivity contribution in [3.8, 4) is 0 Å². The molecule has 28 heavy (non-hydrogen) atoms. The molecule has 0 aromatic rings. The average molecular weight is 522 g/mol. The molecule has 4 aliphatic rings. The SMILES string of the molecule is CC=[N-].CC=[N-].[CH]1[CH][CH][CH][CH]1.[CH]1[CH][CH][CH][CH]1.[CH]1[CH][CH][CH][CH]1.[CH]1[CH][CH][CH][CH]1.[Y].[Y]. The quantitative estimate of drug-likeness (QED) is 0.384. The van der Waals surface area contributed by atoms with E-state index in [2.05, 4.69) is 0 Å². The Labute approximate surface area is 228 Å². The Kier molecular flexibility index (Phi) is 51.5. The summed E-state index contributed by atoms with van der Waals surface area (Å²) in [7, 11) is 0. The molecule has 4 aliphatic carbocycles. The van der Waals surface area contributed by atoms with E-state index in [1.54, 1.807) is 13.8 Å². The summed E-state index contributed by atoms with van der Waals surface area (Å²) in [6.45, 7) is 3.11. The molecule has 4 saturated carbocycles. The summed E-state index contributed by atoms with van der Waals surface area (Å²) in [6.07, 6.45) is 42.0. The Hall–Kier alpha value is 1.55. The molecule has 2 nitrogen and oxygen atoms in total. The Bertz CT molecular complexity index is 169. The van der Waals surface area contributed by atoms with Gasteiger partial charge < -0.3 is 10.8 Å². The minimum absolute atomic E-state index is 0. The van der Waals surface area contributed by atoms with Crippen molar-refractivity contribution in [3.63, 3.8) is 0 Å². The maximum atomic E-state index is 7.44. The summed E-state index contributed by atoms with van der Waals surface area (Å²) in [5.74, 6) is 0. The summed E-state index contributed by atoms with van der Waals surface area (Å²) in [5, 5.41) is 14.9. The van der Waals surface area contributed by atoms with Crippen LogP contribution < -0.4 is 0 Å². The van der Waals surface area contributed by atoms with Gasteiger partial charge in [-0.1, -0.05) is 13.8 Å². The normalized spacial score (nSPS) is 18.1. The fourth-order valence-corrected chi connectivity index (χ4v) is 1.28. The number of rotatable bonds is 0. The Morgan fingerprint density at radius 3 is 0.393 bits per heavy atom. The number of hydrogen-bond acceptors (Lipinski definition) is 0. The summed E-state index contributed by atoms with van der Waals surface area (Å²) in [6, 6.07) is 0. The minimum Gasteiger partial charge on any atom is -0.814 e. The predicted molar refractivity (Wildman–Crippen MR) is 116 cm³/mol. The first-order valence-corrected chi connectivity index (χ1v) is 8.34. The summed E-state index contributed by atoms with van der Waals surface area (Å²) >= 11 is 0. The first kappa shape index (κ1) is 36.9. The Balaban J connectivity index is -0.000000124. The largest absolute Gasteiger partial charge is 0.814 e. The van der Waals surface area contributed by atoms with Gasteiger partial charge in [0.1, 0.15) is 0 Å². The van der Waals surface area contributed by atoms with E-state index in [0.717, 1.165) is 12.4 Å². The summed E-state index contributed by atoms with van der Waals surface area (Å²) in [4.78, 5) is 0. The topological polar surface area (TPSA) is 44.6 Å². The van der Waals surface area contributed by atoms with Crippen LogP contribution in [0.25, 0.3) is 10.8 Å². The molecule has 22 radical (unpaired) electrons. The van der Waals surface area contributed by atoms with Gasteiger partial charge in [0.25, 0.3) is 0 Å². The standard InChI is InChI=1S/4C5H5.2C2H4N.2Y/c4*1-2-4-5-3-1;2*1-2-3;;/h4*1-5H;2*2H,1H3;;/q;;;;2*-1;;. The van der Waals surface area contributed by atoms with Gasteiger partial charge in [-0.3, -0.25) is 0 Å². The molecule has 0 aromatic carbocycles. The predicted octanol–water partition coefficient (Wildman–Crippen LogP) is 5.37. The van der Waals surface area contributed by atoms with Crippen molar-refractivity contribution in [2.45, 2.75) is 13.8 Å². The molecule has 0 aliphatic heterocycles. The van der Waals surface area contributed by atoms with Gasteiger partial charge in [-0.2, -0.15) is 0 Å². The molecule has 0 N–H and O–H groups in total. The second-order valence-electron chi connectivity index (χ2n) is 4.37. The van der Waals surface area contributed by atoms with E-state index in [9.17, 15) is 0 Å². The molecule has 0 bridgehead atoms. The Morgan fingerprint density at radius 1 is 0.321 bits per heavy atom. The Morgan fingerprint density at radius 2 is 0.357 bits per heavy atom. The average Bonchev–Trinajstić information content (AvgIpc) is 3.53. The monoisotopic (exact) mass is 522 g/mol. The van der Waals surface area contributed by atoms with Crippen molar-refractivity contribution >= 4 is 12.4 Å². The van der Waals surface area contributed by atoms with Crippen molar-refractivity contribution in [2.75, 3.05) is 0 Å². The van der Waals surface area contributed by atoms with Crippen LogP contribution in [0.3, 0.4) is 0 Å². The smallest absolute Gasteiger partial charge is 0 e. The van der Waals surface area contributed by atoms with E-state index in [1.807, 2.05) is 128 Å². The van der Waals surface area contributed by atoms with Crippen LogP contribution >= 0.6 is 0 Å². The van der Waals surface area contributed by atoms with E-state index in [-0.39, 0.29) is 65.4 Å². The molecule has 0 atom stereocenters. The summed E-state index contributed by atoms with van der Waals surface area (Å²) < 4.78 is 0. The molecule has 0 spiro atoms. The third kappa shape index (κ3) is 41.8. The molecular weight excluding hydrogens is 494 g/mol. The molecule has 0 aromatic heterocycles. The molecule has 0 saturated heterocycles. The molecule has 4 heteroatoms. The van der Waals surface area contributed by atoms with E-state index < -0.39 is 0 Å². The summed E-state index contributed by atoms with van der Waals surface area (Å²) in [5.41, 5.74) is 0. The van der Waals surface area contributed by atoms with Crippen molar-refractivity contribution < 1.29 is 65.4 Å².